The van der Waals surface area contributed by atoms with Crippen LogP contribution >= 0.6 is 0 Å². The number of ether oxygens (including phenoxy) is 2. The van der Waals surface area contributed by atoms with Crippen molar-refractivity contribution in [3.8, 4) is 11.5 Å². The summed E-state index contributed by atoms with van der Waals surface area (Å²) in [6, 6.07) is 9.84. The van der Waals surface area contributed by atoms with E-state index >= 15 is 0 Å². The predicted molar refractivity (Wildman–Crippen MR) is 95.7 cm³/mol. The van der Waals surface area contributed by atoms with Gasteiger partial charge in [-0.3, -0.25) is 14.5 Å². The van der Waals surface area contributed by atoms with Gasteiger partial charge in [0, 0.05) is 0 Å². The highest BCUT2D eigenvalue weighted by molar-refractivity contribution is 6.08. The third kappa shape index (κ3) is 3.15. The molecule has 4 amide bonds. The molecule has 0 radical (unpaired) electrons. The molecule has 0 spiro atoms. The summed E-state index contributed by atoms with van der Waals surface area (Å²) in [4.78, 5) is 38.0. The molecule has 2 atom stereocenters. The highest BCUT2D eigenvalue weighted by Crippen LogP contribution is 2.31. The Kier molecular flexibility index (Phi) is 4.42. The fraction of sp³-hybridized carbons (Fsp3) is 0.316. The second kappa shape index (κ2) is 6.91. The maximum absolute atomic E-state index is 12.7. The number of nitrogens with one attached hydrogen (secondary N) is 2. The van der Waals surface area contributed by atoms with Gasteiger partial charge in [0.2, 0.25) is 5.91 Å². The average molecular weight is 385 g/mol. The molecule has 2 N–H and O–H groups in total. The number of carbonyl (C=O) groups is 3. The second-order valence-corrected chi connectivity index (χ2v) is 6.73. The molecule has 0 saturated carbocycles. The van der Waals surface area contributed by atoms with Crippen LogP contribution in [0, 0.1) is 0 Å². The summed E-state index contributed by atoms with van der Waals surface area (Å²) in [7, 11) is 0. The first-order valence-electron chi connectivity index (χ1n) is 8.80. The number of furan rings is 1. The Morgan fingerprint density at radius 3 is 2.79 bits per heavy atom. The fourth-order valence-electron chi connectivity index (χ4n) is 3.16. The van der Waals surface area contributed by atoms with E-state index in [0.29, 0.717) is 17.3 Å². The van der Waals surface area contributed by atoms with E-state index in [-0.39, 0.29) is 19.3 Å². The standard InChI is InChI=1S/C19H19N3O6/c1-19(15-7-4-8-26-15)17(24)22(18(25)21-19)10-16(23)20-9-12-11-27-13-5-2-3-6-14(13)28-12/h2-8,12H,9-11H2,1H3,(H,20,23)(H,21,25)/t12-,19+/m0/s1. The van der Waals surface area contributed by atoms with Crippen LogP contribution in [0.2, 0.25) is 0 Å². The van der Waals surface area contributed by atoms with Crippen LogP contribution in [0.25, 0.3) is 0 Å². The number of rotatable bonds is 5. The van der Waals surface area contributed by atoms with Crippen molar-refractivity contribution in [2.75, 3.05) is 19.7 Å². The SMILES string of the molecule is C[C@]1(c2ccco2)NC(=O)N(CC(=O)NC[C@H]2COc3ccccc3O2)C1=O. The Morgan fingerprint density at radius 1 is 1.25 bits per heavy atom. The topological polar surface area (TPSA) is 110 Å². The molecule has 1 saturated heterocycles. The Hall–Kier alpha value is -3.49. The van der Waals surface area contributed by atoms with Gasteiger partial charge in [-0.2, -0.15) is 0 Å². The minimum Gasteiger partial charge on any atom is -0.486 e. The van der Waals surface area contributed by atoms with Crippen LogP contribution in [0.15, 0.2) is 47.1 Å². The van der Waals surface area contributed by atoms with Gasteiger partial charge in [0.15, 0.2) is 17.0 Å². The van der Waals surface area contributed by atoms with Gasteiger partial charge in [-0.15, -0.1) is 0 Å². The van der Waals surface area contributed by atoms with Crippen LogP contribution in [-0.4, -0.2) is 48.5 Å². The maximum atomic E-state index is 12.7. The molecular formula is C19H19N3O6. The van der Waals surface area contributed by atoms with Crippen molar-refractivity contribution in [1.82, 2.24) is 15.5 Å². The van der Waals surface area contributed by atoms with Gasteiger partial charge in [-0.05, 0) is 31.2 Å². The van der Waals surface area contributed by atoms with E-state index < -0.39 is 29.9 Å². The number of para-hydroxylation sites is 2. The van der Waals surface area contributed by atoms with Gasteiger partial charge in [0.05, 0.1) is 12.8 Å². The third-order valence-corrected chi connectivity index (χ3v) is 4.69. The molecule has 28 heavy (non-hydrogen) atoms. The van der Waals surface area contributed by atoms with E-state index in [9.17, 15) is 14.4 Å². The van der Waals surface area contributed by atoms with Gasteiger partial charge >= 0.3 is 6.03 Å². The number of amides is 4. The first-order valence-corrected chi connectivity index (χ1v) is 8.80. The van der Waals surface area contributed by atoms with Crippen molar-refractivity contribution in [3.05, 3.63) is 48.4 Å². The molecule has 4 rings (SSSR count). The summed E-state index contributed by atoms with van der Waals surface area (Å²) in [6.45, 7) is 1.61. The maximum Gasteiger partial charge on any atom is 0.325 e. The Labute approximate surface area is 160 Å². The summed E-state index contributed by atoms with van der Waals surface area (Å²) in [5, 5.41) is 5.25. The summed E-state index contributed by atoms with van der Waals surface area (Å²) in [5.41, 5.74) is -1.33. The van der Waals surface area contributed by atoms with Gasteiger partial charge in [0.1, 0.15) is 25.0 Å². The Balaban J connectivity index is 1.33. The van der Waals surface area contributed by atoms with E-state index in [2.05, 4.69) is 10.6 Å². The lowest BCUT2D eigenvalue weighted by Crippen LogP contribution is -2.46. The predicted octanol–water partition coefficient (Wildman–Crippen LogP) is 1.00. The number of urea groups is 1. The quantitative estimate of drug-likeness (QED) is 0.743. The largest absolute Gasteiger partial charge is 0.486 e. The smallest absolute Gasteiger partial charge is 0.325 e. The number of hydrogen-bond donors (Lipinski definition) is 2. The van der Waals surface area contributed by atoms with Crippen LogP contribution in [0.4, 0.5) is 4.79 Å². The summed E-state index contributed by atoms with van der Waals surface area (Å²) in [6.07, 6.45) is 1.05. The van der Waals surface area contributed by atoms with E-state index in [1.54, 1.807) is 24.3 Å². The summed E-state index contributed by atoms with van der Waals surface area (Å²) in [5.74, 6) is 0.543. The van der Waals surface area contributed by atoms with Crippen molar-refractivity contribution < 1.29 is 28.3 Å². The summed E-state index contributed by atoms with van der Waals surface area (Å²) >= 11 is 0. The van der Waals surface area contributed by atoms with E-state index in [1.807, 2.05) is 12.1 Å². The Morgan fingerprint density at radius 2 is 2.04 bits per heavy atom. The number of nitrogens with zero attached hydrogens (tertiary/aromatic N) is 1. The molecule has 2 aliphatic heterocycles. The lowest BCUT2D eigenvalue weighted by molar-refractivity contribution is -0.135. The second-order valence-electron chi connectivity index (χ2n) is 6.73. The van der Waals surface area contributed by atoms with Crippen molar-refractivity contribution in [2.45, 2.75) is 18.6 Å². The van der Waals surface area contributed by atoms with Crippen LogP contribution < -0.4 is 20.1 Å². The molecule has 0 unspecified atom stereocenters. The minimum absolute atomic E-state index is 0.187. The third-order valence-electron chi connectivity index (χ3n) is 4.69. The molecule has 2 aliphatic rings. The average Bonchev–Trinajstić information content (AvgIpc) is 3.31. The highest BCUT2D eigenvalue weighted by Gasteiger charge is 2.51. The molecule has 1 aromatic heterocycles. The van der Waals surface area contributed by atoms with Crippen molar-refractivity contribution in [2.24, 2.45) is 0 Å². The molecule has 3 heterocycles. The molecule has 2 aromatic rings. The minimum atomic E-state index is -1.33. The van der Waals surface area contributed by atoms with Gasteiger partial charge in [-0.1, -0.05) is 12.1 Å². The monoisotopic (exact) mass is 385 g/mol. The van der Waals surface area contributed by atoms with Crippen LogP contribution in [0.1, 0.15) is 12.7 Å². The van der Waals surface area contributed by atoms with Gasteiger partial charge in [0.25, 0.3) is 5.91 Å². The van der Waals surface area contributed by atoms with Crippen molar-refractivity contribution >= 4 is 17.8 Å². The van der Waals surface area contributed by atoms with E-state index in [0.717, 1.165) is 4.90 Å². The first kappa shape index (κ1) is 17.9. The molecular weight excluding hydrogens is 366 g/mol. The number of fused-ring (bicyclic) bond motifs is 1. The molecule has 9 nitrogen and oxygen atoms in total. The Bertz CT molecular complexity index is 912. The van der Waals surface area contributed by atoms with Crippen LogP contribution in [-0.2, 0) is 15.1 Å². The number of carbonyl (C=O) groups excluding carboxylic acids is 3. The summed E-state index contributed by atoms with van der Waals surface area (Å²) < 4.78 is 16.6. The zero-order valence-corrected chi connectivity index (χ0v) is 15.1. The molecule has 1 aromatic carbocycles. The van der Waals surface area contributed by atoms with Crippen LogP contribution in [0.3, 0.4) is 0 Å². The van der Waals surface area contributed by atoms with Crippen molar-refractivity contribution in [3.63, 3.8) is 0 Å². The molecule has 146 valence electrons. The van der Waals surface area contributed by atoms with Gasteiger partial charge < -0.3 is 24.5 Å². The van der Waals surface area contributed by atoms with Crippen LogP contribution in [0.5, 0.6) is 11.5 Å². The number of hydrogen-bond acceptors (Lipinski definition) is 6. The lowest BCUT2D eigenvalue weighted by atomic mass is 9.99. The molecule has 0 aliphatic carbocycles. The zero-order chi connectivity index (χ0) is 19.7. The lowest BCUT2D eigenvalue weighted by Gasteiger charge is -2.26. The highest BCUT2D eigenvalue weighted by atomic mass is 16.6. The normalized spacial score (nSPS) is 23.5. The van der Waals surface area contributed by atoms with E-state index in [4.69, 9.17) is 13.9 Å². The fourth-order valence-corrected chi connectivity index (χ4v) is 3.16. The number of benzene rings is 1. The first-order chi connectivity index (χ1) is 13.5. The molecule has 1 fully saturated rings. The van der Waals surface area contributed by atoms with Gasteiger partial charge in [-0.25, -0.2) is 4.79 Å². The van der Waals surface area contributed by atoms with Crippen molar-refractivity contribution in [1.29, 1.82) is 0 Å². The molecule has 0 bridgehead atoms. The van der Waals surface area contributed by atoms with E-state index in [1.165, 1.54) is 13.2 Å². The zero-order valence-electron chi connectivity index (χ0n) is 15.1. The molecule has 9 heteroatoms. The number of imide groups is 1.